The van der Waals surface area contributed by atoms with Gasteiger partial charge in [0.2, 0.25) is 5.91 Å². The normalized spacial score (nSPS) is 17.4. The van der Waals surface area contributed by atoms with E-state index in [1.165, 1.54) is 0 Å². The Morgan fingerprint density at radius 1 is 0.821 bits per heavy atom. The van der Waals surface area contributed by atoms with E-state index in [2.05, 4.69) is 5.32 Å². The second kappa shape index (κ2) is 10.2. The highest BCUT2D eigenvalue weighted by molar-refractivity contribution is 6.04. The van der Waals surface area contributed by atoms with Crippen LogP contribution < -0.4 is 19.5 Å². The lowest BCUT2D eigenvalue weighted by Gasteiger charge is -2.45. The molecule has 0 saturated heterocycles. The van der Waals surface area contributed by atoms with Gasteiger partial charge in [0.25, 0.3) is 5.91 Å². The number of anilines is 1. The summed E-state index contributed by atoms with van der Waals surface area (Å²) < 4.78 is 17.0. The van der Waals surface area contributed by atoms with Crippen molar-refractivity contribution in [1.82, 2.24) is 4.90 Å². The number of hydrogen-bond donors (Lipinski definition) is 1. The summed E-state index contributed by atoms with van der Waals surface area (Å²) in [6.45, 7) is 0.510. The van der Waals surface area contributed by atoms with Crippen LogP contribution >= 0.6 is 0 Å². The van der Waals surface area contributed by atoms with E-state index in [1.807, 2.05) is 89.8 Å². The number of carbonyl (C=O) groups is 2. The molecule has 6 rings (SSSR count). The van der Waals surface area contributed by atoms with Crippen LogP contribution in [0, 0.1) is 0 Å². The van der Waals surface area contributed by atoms with Crippen LogP contribution in [0.2, 0.25) is 0 Å². The first-order chi connectivity index (χ1) is 19.1. The number of hydrogen-bond acceptors (Lipinski definition) is 5. The van der Waals surface area contributed by atoms with E-state index in [4.69, 9.17) is 14.2 Å². The fraction of sp³-hybridized carbons (Fsp3) is 0.188. The Hall–Kier alpha value is -4.78. The monoisotopic (exact) mass is 520 g/mol. The first-order valence-corrected chi connectivity index (χ1v) is 12.9. The van der Waals surface area contributed by atoms with Crippen LogP contribution in [-0.2, 0) is 11.2 Å². The van der Waals surface area contributed by atoms with Gasteiger partial charge in [0.05, 0.1) is 26.2 Å². The lowest BCUT2D eigenvalue weighted by molar-refractivity contribution is -0.119. The molecule has 7 heteroatoms. The van der Waals surface area contributed by atoms with Crippen molar-refractivity contribution in [2.75, 3.05) is 26.1 Å². The maximum absolute atomic E-state index is 14.0. The molecule has 4 aromatic rings. The Bertz CT molecular complexity index is 1530. The summed E-state index contributed by atoms with van der Waals surface area (Å²) in [6, 6.07) is 27.6. The Morgan fingerprint density at radius 3 is 2.23 bits per heavy atom. The predicted molar refractivity (Wildman–Crippen MR) is 148 cm³/mol. The Balaban J connectivity index is 1.35. The molecule has 39 heavy (non-hydrogen) atoms. The van der Waals surface area contributed by atoms with Crippen LogP contribution in [0.5, 0.6) is 23.0 Å². The highest BCUT2D eigenvalue weighted by atomic mass is 16.5. The lowest BCUT2D eigenvalue weighted by atomic mass is 9.75. The van der Waals surface area contributed by atoms with Crippen molar-refractivity contribution in [1.29, 1.82) is 0 Å². The minimum absolute atomic E-state index is 0.0671. The van der Waals surface area contributed by atoms with Crippen molar-refractivity contribution in [3.8, 4) is 23.0 Å². The molecule has 2 aliphatic rings. The quantitative estimate of drug-likeness (QED) is 0.339. The average molecular weight is 521 g/mol. The third kappa shape index (κ3) is 4.46. The number of nitrogens with zero attached hydrogens (tertiary/aromatic N) is 1. The fourth-order valence-corrected chi connectivity index (χ4v) is 5.59. The number of methoxy groups -OCH3 is 2. The molecular formula is C32H28N2O5. The van der Waals surface area contributed by atoms with Gasteiger partial charge in [0.15, 0.2) is 11.5 Å². The van der Waals surface area contributed by atoms with E-state index in [-0.39, 0.29) is 11.8 Å². The minimum atomic E-state index is -0.615. The molecule has 0 aliphatic carbocycles. The predicted octanol–water partition coefficient (Wildman–Crippen LogP) is 5.97. The van der Waals surface area contributed by atoms with Crippen LogP contribution in [0.4, 0.5) is 5.69 Å². The molecule has 0 aromatic heterocycles. The van der Waals surface area contributed by atoms with Gasteiger partial charge in [0.1, 0.15) is 11.5 Å². The molecule has 0 bridgehead atoms. The minimum Gasteiger partial charge on any atom is -0.493 e. The van der Waals surface area contributed by atoms with E-state index in [9.17, 15) is 9.59 Å². The molecule has 4 aromatic carbocycles. The molecule has 196 valence electrons. The molecule has 2 amide bonds. The maximum atomic E-state index is 14.0. The molecular weight excluding hydrogens is 492 g/mol. The Morgan fingerprint density at radius 2 is 1.49 bits per heavy atom. The van der Waals surface area contributed by atoms with Crippen molar-refractivity contribution in [3.63, 3.8) is 0 Å². The number of fused-ring (bicyclic) bond motifs is 4. The van der Waals surface area contributed by atoms with Crippen molar-refractivity contribution >= 4 is 17.5 Å². The molecule has 7 nitrogen and oxygen atoms in total. The van der Waals surface area contributed by atoms with Gasteiger partial charge in [-0.05, 0) is 77.7 Å². The highest BCUT2D eigenvalue weighted by Gasteiger charge is 2.46. The molecule has 2 aliphatic heterocycles. The van der Waals surface area contributed by atoms with Gasteiger partial charge < -0.3 is 24.4 Å². The van der Waals surface area contributed by atoms with Crippen molar-refractivity contribution in [2.45, 2.75) is 18.4 Å². The Labute approximate surface area is 226 Å². The standard InChI is InChI=1S/C32H28N2O5/c1-37-27-18-20-16-17-34-30(26(20)19-28(27)38-2)29(24-10-6-7-11-25(24)32(34)36)31(35)33-21-12-14-23(15-13-21)39-22-8-4-3-5-9-22/h3-15,18-19,29-30H,16-17H2,1-2H3,(H,33,35)/t29-,30-/m0/s1. The third-order valence-electron chi connectivity index (χ3n) is 7.41. The van der Waals surface area contributed by atoms with Gasteiger partial charge >= 0.3 is 0 Å². The molecule has 0 radical (unpaired) electrons. The number of ether oxygens (including phenoxy) is 3. The first kappa shape index (κ1) is 24.6. The van der Waals surface area contributed by atoms with Gasteiger partial charge in [0, 0.05) is 17.8 Å². The second-order valence-corrected chi connectivity index (χ2v) is 9.59. The van der Waals surface area contributed by atoms with Gasteiger partial charge in [-0.3, -0.25) is 9.59 Å². The number of amides is 2. The van der Waals surface area contributed by atoms with E-state index >= 15 is 0 Å². The molecule has 0 fully saturated rings. The topological polar surface area (TPSA) is 77.1 Å². The zero-order valence-electron chi connectivity index (χ0n) is 21.7. The molecule has 0 saturated carbocycles. The van der Waals surface area contributed by atoms with Gasteiger partial charge in [-0.2, -0.15) is 0 Å². The fourth-order valence-electron chi connectivity index (χ4n) is 5.59. The van der Waals surface area contributed by atoms with Gasteiger partial charge in [-0.25, -0.2) is 0 Å². The first-order valence-electron chi connectivity index (χ1n) is 12.9. The molecule has 2 atom stereocenters. The summed E-state index contributed by atoms with van der Waals surface area (Å²) in [7, 11) is 3.19. The maximum Gasteiger partial charge on any atom is 0.254 e. The average Bonchev–Trinajstić information content (AvgIpc) is 2.98. The van der Waals surface area contributed by atoms with E-state index < -0.39 is 12.0 Å². The number of rotatable bonds is 6. The lowest BCUT2D eigenvalue weighted by Crippen LogP contribution is -2.49. The molecule has 1 N–H and O–H groups in total. The van der Waals surface area contributed by atoms with Crippen molar-refractivity contribution in [2.24, 2.45) is 0 Å². The largest absolute Gasteiger partial charge is 0.493 e. The summed E-state index contributed by atoms with van der Waals surface area (Å²) >= 11 is 0. The van der Waals surface area contributed by atoms with Crippen LogP contribution in [0.25, 0.3) is 0 Å². The van der Waals surface area contributed by atoms with Crippen LogP contribution in [0.1, 0.15) is 39.0 Å². The van der Waals surface area contributed by atoms with Crippen LogP contribution in [-0.4, -0.2) is 37.5 Å². The Kier molecular flexibility index (Phi) is 6.40. The van der Waals surface area contributed by atoms with Crippen LogP contribution in [0.3, 0.4) is 0 Å². The molecule has 0 unspecified atom stereocenters. The van der Waals surface area contributed by atoms with E-state index in [1.54, 1.807) is 20.3 Å². The number of carbonyl (C=O) groups excluding carboxylic acids is 2. The zero-order valence-corrected chi connectivity index (χ0v) is 21.7. The number of para-hydroxylation sites is 1. The van der Waals surface area contributed by atoms with E-state index in [0.29, 0.717) is 47.0 Å². The smallest absolute Gasteiger partial charge is 0.254 e. The second-order valence-electron chi connectivity index (χ2n) is 9.59. The van der Waals surface area contributed by atoms with E-state index in [0.717, 1.165) is 16.9 Å². The summed E-state index contributed by atoms with van der Waals surface area (Å²) in [5.74, 6) is 1.73. The van der Waals surface area contributed by atoms with Gasteiger partial charge in [-0.1, -0.05) is 36.4 Å². The molecule has 2 heterocycles. The van der Waals surface area contributed by atoms with Crippen molar-refractivity contribution < 1.29 is 23.8 Å². The summed E-state index contributed by atoms with van der Waals surface area (Å²) in [4.78, 5) is 29.4. The number of benzene rings is 4. The summed E-state index contributed by atoms with van der Waals surface area (Å²) in [6.07, 6.45) is 0.664. The summed E-state index contributed by atoms with van der Waals surface area (Å²) in [5.41, 5.74) is 3.86. The summed E-state index contributed by atoms with van der Waals surface area (Å²) in [5, 5.41) is 3.09. The zero-order chi connectivity index (χ0) is 26.9. The number of nitrogens with one attached hydrogen (secondary N) is 1. The van der Waals surface area contributed by atoms with Gasteiger partial charge in [-0.15, -0.1) is 0 Å². The SMILES string of the molecule is COc1cc2c(cc1OC)[C@H]1[C@@H](C(=O)Nc3ccc(Oc4ccccc4)cc3)c3ccccc3C(=O)N1CC2. The molecule has 0 spiro atoms. The third-order valence-corrected chi connectivity index (χ3v) is 7.41. The highest BCUT2D eigenvalue weighted by Crippen LogP contribution is 2.48. The van der Waals surface area contributed by atoms with Crippen LogP contribution in [0.15, 0.2) is 91.0 Å². The van der Waals surface area contributed by atoms with Crippen molar-refractivity contribution in [3.05, 3.63) is 113 Å².